The highest BCUT2D eigenvalue weighted by Crippen LogP contribution is 2.19. The van der Waals surface area contributed by atoms with E-state index in [4.69, 9.17) is 9.47 Å². The number of hydrogen-bond acceptors (Lipinski definition) is 4. The molecule has 5 nitrogen and oxygen atoms in total. The molecule has 0 spiro atoms. The lowest BCUT2D eigenvalue weighted by Crippen LogP contribution is -2.38. The van der Waals surface area contributed by atoms with Crippen LogP contribution in [-0.2, 0) is 9.47 Å². The minimum Gasteiger partial charge on any atom is -0.443 e. The largest absolute Gasteiger partial charge is 0.443 e. The molecular formula is C15H23BrN2O3. The van der Waals surface area contributed by atoms with Gasteiger partial charge in [0.2, 0.25) is 0 Å². The molecule has 0 aliphatic carbocycles. The molecule has 1 aromatic heterocycles. The van der Waals surface area contributed by atoms with Crippen LogP contribution in [-0.4, -0.2) is 36.9 Å². The van der Waals surface area contributed by atoms with Crippen LogP contribution in [0.1, 0.15) is 33.6 Å². The summed E-state index contributed by atoms with van der Waals surface area (Å²) < 4.78 is 11.3. The Morgan fingerprint density at radius 1 is 1.33 bits per heavy atom. The van der Waals surface area contributed by atoms with Gasteiger partial charge >= 0.3 is 6.09 Å². The highest BCUT2D eigenvalue weighted by molar-refractivity contribution is 9.10. The summed E-state index contributed by atoms with van der Waals surface area (Å²) in [6.45, 7) is 6.78. The highest BCUT2D eigenvalue weighted by Gasteiger charge is 2.23. The van der Waals surface area contributed by atoms with E-state index in [0.29, 0.717) is 19.0 Å². The van der Waals surface area contributed by atoms with Crippen LogP contribution in [0.4, 0.5) is 10.6 Å². The fourth-order valence-corrected chi connectivity index (χ4v) is 1.89. The molecule has 118 valence electrons. The molecule has 0 atom stereocenters. The summed E-state index contributed by atoms with van der Waals surface area (Å²) in [7, 11) is 1.67. The predicted octanol–water partition coefficient (Wildman–Crippen LogP) is 4.01. The number of methoxy groups -OCH3 is 1. The first-order chi connectivity index (χ1) is 9.83. The number of amides is 1. The highest BCUT2D eigenvalue weighted by atomic mass is 79.9. The topological polar surface area (TPSA) is 51.7 Å². The number of rotatable bonds is 6. The summed E-state index contributed by atoms with van der Waals surface area (Å²) in [5.41, 5.74) is -0.531. The van der Waals surface area contributed by atoms with Crippen molar-refractivity contribution in [2.75, 3.05) is 25.2 Å². The maximum Gasteiger partial charge on any atom is 0.416 e. The fourth-order valence-electron chi connectivity index (χ4n) is 1.66. The quantitative estimate of drug-likeness (QED) is 0.720. The number of anilines is 1. The number of ether oxygens (including phenoxy) is 2. The molecular weight excluding hydrogens is 336 g/mol. The molecule has 1 rings (SSSR count). The molecule has 6 heteroatoms. The minimum atomic E-state index is -0.531. The molecule has 0 unspecified atom stereocenters. The van der Waals surface area contributed by atoms with Crippen molar-refractivity contribution in [2.45, 2.75) is 39.2 Å². The van der Waals surface area contributed by atoms with Crippen LogP contribution in [0.5, 0.6) is 0 Å². The van der Waals surface area contributed by atoms with Gasteiger partial charge in [0, 0.05) is 30.9 Å². The van der Waals surface area contributed by atoms with Crippen molar-refractivity contribution in [1.29, 1.82) is 0 Å². The SMILES string of the molecule is COCCCCN(C(=O)OC(C)(C)C)c1ccc(Br)cn1. The van der Waals surface area contributed by atoms with Gasteiger partial charge in [-0.05, 0) is 61.7 Å². The number of carbonyl (C=O) groups is 1. The van der Waals surface area contributed by atoms with Gasteiger partial charge in [0.25, 0.3) is 0 Å². The van der Waals surface area contributed by atoms with Crippen molar-refractivity contribution >= 4 is 27.8 Å². The van der Waals surface area contributed by atoms with Crippen LogP contribution in [0.3, 0.4) is 0 Å². The maximum atomic E-state index is 12.3. The molecule has 1 aromatic rings. The Morgan fingerprint density at radius 2 is 2.05 bits per heavy atom. The van der Waals surface area contributed by atoms with Crippen LogP contribution in [0, 0.1) is 0 Å². The summed E-state index contributed by atoms with van der Waals surface area (Å²) in [6.07, 6.45) is 2.99. The average Bonchev–Trinajstić information content (AvgIpc) is 2.38. The van der Waals surface area contributed by atoms with Crippen molar-refractivity contribution in [2.24, 2.45) is 0 Å². The average molecular weight is 359 g/mol. The first-order valence-corrected chi connectivity index (χ1v) is 7.74. The Hall–Kier alpha value is -1.14. The Morgan fingerprint density at radius 3 is 2.57 bits per heavy atom. The van der Waals surface area contributed by atoms with Crippen molar-refractivity contribution in [1.82, 2.24) is 4.98 Å². The zero-order valence-electron chi connectivity index (χ0n) is 13.1. The second kappa shape index (κ2) is 8.34. The second-order valence-corrected chi connectivity index (χ2v) is 6.58. The summed E-state index contributed by atoms with van der Waals surface area (Å²) in [6, 6.07) is 3.65. The third kappa shape index (κ3) is 6.91. The molecule has 0 aromatic carbocycles. The normalized spacial score (nSPS) is 11.3. The van der Waals surface area contributed by atoms with Gasteiger partial charge in [-0.2, -0.15) is 0 Å². The first-order valence-electron chi connectivity index (χ1n) is 6.94. The number of aromatic nitrogens is 1. The van der Waals surface area contributed by atoms with E-state index in [0.717, 1.165) is 17.3 Å². The maximum absolute atomic E-state index is 12.3. The molecule has 0 radical (unpaired) electrons. The van der Waals surface area contributed by atoms with E-state index in [1.54, 1.807) is 24.3 Å². The van der Waals surface area contributed by atoms with E-state index < -0.39 is 5.60 Å². The molecule has 21 heavy (non-hydrogen) atoms. The van der Waals surface area contributed by atoms with Crippen LogP contribution >= 0.6 is 15.9 Å². The van der Waals surface area contributed by atoms with Crippen LogP contribution in [0.25, 0.3) is 0 Å². The van der Waals surface area contributed by atoms with Crippen molar-refractivity contribution < 1.29 is 14.3 Å². The zero-order valence-corrected chi connectivity index (χ0v) is 14.6. The van der Waals surface area contributed by atoms with Crippen molar-refractivity contribution in [3.63, 3.8) is 0 Å². The van der Waals surface area contributed by atoms with Gasteiger partial charge in [-0.3, -0.25) is 4.90 Å². The third-order valence-electron chi connectivity index (χ3n) is 2.58. The number of hydrogen-bond donors (Lipinski definition) is 0. The summed E-state index contributed by atoms with van der Waals surface area (Å²) >= 11 is 3.34. The van der Waals surface area contributed by atoms with E-state index in [1.807, 2.05) is 26.8 Å². The Kier molecular flexibility index (Phi) is 7.11. The van der Waals surface area contributed by atoms with Gasteiger partial charge in [0.15, 0.2) is 0 Å². The van der Waals surface area contributed by atoms with Crippen LogP contribution in [0.2, 0.25) is 0 Å². The smallest absolute Gasteiger partial charge is 0.416 e. The number of halogens is 1. The zero-order chi connectivity index (χ0) is 15.9. The summed E-state index contributed by atoms with van der Waals surface area (Å²) in [5, 5.41) is 0. The van der Waals surface area contributed by atoms with E-state index in [-0.39, 0.29) is 6.09 Å². The molecule has 0 fully saturated rings. The van der Waals surface area contributed by atoms with Gasteiger partial charge in [-0.25, -0.2) is 9.78 Å². The van der Waals surface area contributed by atoms with Gasteiger partial charge in [0.1, 0.15) is 11.4 Å². The monoisotopic (exact) mass is 358 g/mol. The molecule has 0 bridgehead atoms. The Labute approximate surface area is 134 Å². The van der Waals surface area contributed by atoms with Gasteiger partial charge in [0.05, 0.1) is 0 Å². The molecule has 0 aliphatic rings. The lowest BCUT2D eigenvalue weighted by Gasteiger charge is -2.26. The lowest BCUT2D eigenvalue weighted by molar-refractivity contribution is 0.0577. The van der Waals surface area contributed by atoms with Gasteiger partial charge in [-0.15, -0.1) is 0 Å². The predicted molar refractivity (Wildman–Crippen MR) is 86.6 cm³/mol. The van der Waals surface area contributed by atoms with E-state index in [2.05, 4.69) is 20.9 Å². The molecule has 0 N–H and O–H groups in total. The number of unbranched alkanes of at least 4 members (excludes halogenated alkanes) is 1. The number of nitrogens with zero attached hydrogens (tertiary/aromatic N) is 2. The molecule has 0 saturated heterocycles. The lowest BCUT2D eigenvalue weighted by atomic mass is 10.2. The molecule has 1 amide bonds. The minimum absolute atomic E-state index is 0.380. The summed E-state index contributed by atoms with van der Waals surface area (Å²) in [5.74, 6) is 0.588. The summed E-state index contributed by atoms with van der Waals surface area (Å²) in [4.78, 5) is 18.2. The van der Waals surface area contributed by atoms with Gasteiger partial charge in [-0.1, -0.05) is 0 Å². The first kappa shape index (κ1) is 17.9. The Balaban J connectivity index is 2.78. The number of carbonyl (C=O) groups excluding carboxylic acids is 1. The third-order valence-corrected chi connectivity index (χ3v) is 3.05. The van der Waals surface area contributed by atoms with Crippen LogP contribution in [0.15, 0.2) is 22.8 Å². The molecule has 1 heterocycles. The molecule has 0 saturated carbocycles. The molecule has 0 aliphatic heterocycles. The van der Waals surface area contributed by atoms with E-state index in [1.165, 1.54) is 0 Å². The fraction of sp³-hybridized carbons (Fsp3) is 0.600. The standard InChI is InChI=1S/C15H23BrN2O3/c1-15(2,3)21-14(19)18(9-5-6-10-20-4)13-8-7-12(16)11-17-13/h7-8,11H,5-6,9-10H2,1-4H3. The Bertz CT molecular complexity index is 443. The van der Waals surface area contributed by atoms with Crippen LogP contribution < -0.4 is 4.90 Å². The number of pyridine rings is 1. The second-order valence-electron chi connectivity index (χ2n) is 5.67. The van der Waals surface area contributed by atoms with E-state index >= 15 is 0 Å². The van der Waals surface area contributed by atoms with Gasteiger partial charge < -0.3 is 9.47 Å². The van der Waals surface area contributed by atoms with Crippen molar-refractivity contribution in [3.05, 3.63) is 22.8 Å². The van der Waals surface area contributed by atoms with Crippen molar-refractivity contribution in [3.8, 4) is 0 Å². The van der Waals surface area contributed by atoms with E-state index in [9.17, 15) is 4.79 Å².